The summed E-state index contributed by atoms with van der Waals surface area (Å²) in [6.45, 7) is 5.15. The number of halogens is 8. The average molecular weight is 746 g/mol. The first-order valence-corrected chi connectivity index (χ1v) is 37.3. The number of hydrogen-bond donors (Lipinski definition) is 1. The van der Waals surface area contributed by atoms with Crippen molar-refractivity contribution in [3.8, 4) is 0 Å². The first kappa shape index (κ1) is 26.5. The molecule has 3 aliphatic heterocycles. The molecule has 0 aromatic carbocycles. The third kappa shape index (κ3) is 7.33. The first-order valence-electron chi connectivity index (χ1n) is 6.81. The molecule has 0 aliphatic carbocycles. The summed E-state index contributed by atoms with van der Waals surface area (Å²) >= 11 is -8.33. The van der Waals surface area contributed by atoms with E-state index in [-0.39, 0.29) is 0 Å². The Labute approximate surface area is 192 Å². The molecule has 4 atom stereocenters. The molecule has 24 heavy (non-hydrogen) atoms. The molecular weight excluding hydrogens is 727 g/mol. The third-order valence-corrected chi connectivity index (χ3v) is 21.9. The summed E-state index contributed by atoms with van der Waals surface area (Å²) in [7, 11) is 47.5. The van der Waals surface area contributed by atoms with Crippen molar-refractivity contribution < 1.29 is 4.63 Å². The molecule has 0 radical (unpaired) electrons. The van der Waals surface area contributed by atoms with Crippen LogP contribution in [0, 0.1) is 0 Å². The summed E-state index contributed by atoms with van der Waals surface area (Å²) in [5.41, 5.74) is 0. The molecule has 0 aromatic heterocycles. The molecule has 0 spiro atoms. The standard InChI is InChI=1S/C7H19As2N5.8ClH.2Ga/c1-11-4-6-13(2)8(11)14(3)7-5-12(10)9(13)14;;;;;;;;;;/h4-7,10H2,1-3H3;8*1H;;/q+2;;;;;;;;;2*+3/p-8. The van der Waals surface area contributed by atoms with Crippen molar-refractivity contribution in [3.05, 3.63) is 0 Å². The number of rotatable bonds is 0. The van der Waals surface area contributed by atoms with Crippen molar-refractivity contribution in [1.29, 1.82) is 0 Å². The topological polar surface area (TPSA) is 32.5 Å². The molecule has 3 heterocycles. The molecule has 4 unspecified atom stereocenters. The quantitative estimate of drug-likeness (QED) is 0.306. The van der Waals surface area contributed by atoms with E-state index in [0.29, 0.717) is 0 Å². The summed E-state index contributed by atoms with van der Waals surface area (Å²) in [4.78, 5) is 0. The van der Waals surface area contributed by atoms with Gasteiger partial charge in [0.25, 0.3) is 0 Å². The van der Waals surface area contributed by atoms with Crippen molar-refractivity contribution in [3.63, 3.8) is 0 Å². The van der Waals surface area contributed by atoms with E-state index in [4.69, 9.17) is 82.9 Å². The molecule has 3 rings (SSSR count). The molecule has 3 fully saturated rings. The fraction of sp³-hybridized carbons (Fsp3) is 1.00. The Kier molecular flexibility index (Phi) is 10.8. The fourth-order valence-electron chi connectivity index (χ4n) is 3.26. The third-order valence-electron chi connectivity index (χ3n) is 3.68. The predicted molar refractivity (Wildman–Crippen MR) is 115 cm³/mol. The van der Waals surface area contributed by atoms with Gasteiger partial charge < -0.3 is 0 Å². The van der Waals surface area contributed by atoms with E-state index in [2.05, 4.69) is 28.9 Å². The SMILES string of the molecule is CN1CC[N+]2(C)[As]1[N+]1(C)CCN(N)[As]21.[Cl][Ga-]([Cl])([Cl])[Cl].[Cl][Ga-]([Cl])([Cl])[Cl]. The molecule has 2 N–H and O–H groups in total. The van der Waals surface area contributed by atoms with Crippen molar-refractivity contribution >= 4 is 130 Å². The molecule has 3 aliphatic rings. The number of nitrogens with two attached hydrogens (primary N) is 1. The van der Waals surface area contributed by atoms with Crippen molar-refractivity contribution in [2.45, 2.75) is 0 Å². The predicted octanol–water partition coefficient (Wildman–Crippen LogP) is 2.75. The zero-order valence-electron chi connectivity index (χ0n) is 13.3. The van der Waals surface area contributed by atoms with Gasteiger partial charge in [-0.05, 0) is 0 Å². The second-order valence-corrected chi connectivity index (χ2v) is 66.1. The second kappa shape index (κ2) is 9.76. The van der Waals surface area contributed by atoms with Crippen LogP contribution in [0.15, 0.2) is 0 Å². The van der Waals surface area contributed by atoms with Gasteiger partial charge in [0.2, 0.25) is 0 Å². The molecule has 0 aromatic rings. The Hall–Kier alpha value is 4.51. The first-order chi connectivity index (χ1) is 10.5. The van der Waals surface area contributed by atoms with Crippen molar-refractivity contribution in [2.24, 2.45) is 5.84 Å². The van der Waals surface area contributed by atoms with Crippen LogP contribution in [-0.2, 0) is 0 Å². The van der Waals surface area contributed by atoms with E-state index >= 15 is 0 Å². The van der Waals surface area contributed by atoms with Gasteiger partial charge in [-0.25, -0.2) is 0 Å². The number of hydrazine groups is 1. The van der Waals surface area contributed by atoms with E-state index in [1.54, 1.807) is 0 Å². The maximum absolute atomic E-state index is 6.16. The maximum atomic E-state index is 6.16. The van der Waals surface area contributed by atoms with Crippen LogP contribution < -0.4 is 5.84 Å². The van der Waals surface area contributed by atoms with Crippen LogP contribution in [0.2, 0.25) is 0 Å². The minimum atomic E-state index is -3.24. The van der Waals surface area contributed by atoms with Gasteiger partial charge in [-0.1, -0.05) is 0 Å². The molecule has 3 saturated heterocycles. The monoisotopic (exact) mass is 741 g/mol. The summed E-state index contributed by atoms with van der Waals surface area (Å²) in [5, 5.41) is 0. The van der Waals surface area contributed by atoms with Crippen LogP contribution in [0.3, 0.4) is 0 Å². The van der Waals surface area contributed by atoms with E-state index in [1.165, 1.54) is 24.3 Å². The number of quaternary nitrogens is 2. The summed E-state index contributed by atoms with van der Waals surface area (Å²) in [5.74, 6) is 6.16. The van der Waals surface area contributed by atoms with Gasteiger partial charge in [0.1, 0.15) is 0 Å². The number of nitrogens with zero attached hydrogens (tertiary/aromatic N) is 4. The normalized spacial score (nSPS) is 39.0. The molecule has 144 valence electrons. The van der Waals surface area contributed by atoms with Gasteiger partial charge >= 0.3 is 195 Å². The number of hydrogen-bond acceptors (Lipinski definition) is 3. The molecule has 17 heteroatoms. The average Bonchev–Trinajstić information content (AvgIpc) is 2.69. The van der Waals surface area contributed by atoms with Gasteiger partial charge in [0.15, 0.2) is 0 Å². The Morgan fingerprint density at radius 1 is 0.792 bits per heavy atom. The van der Waals surface area contributed by atoms with E-state index < -0.39 is 52.7 Å². The van der Waals surface area contributed by atoms with Gasteiger partial charge in [-0.3, -0.25) is 0 Å². The van der Waals surface area contributed by atoms with E-state index in [1.807, 2.05) is 0 Å². The number of fused-ring (bicyclic) bond motifs is 4. The number of likely N-dealkylation sites (N-methyl/N-ethyl adjacent to an activating group) is 3. The molecule has 0 amide bonds. The summed E-state index contributed by atoms with van der Waals surface area (Å²) in [6.07, 6.45) is 0. The van der Waals surface area contributed by atoms with E-state index in [9.17, 15) is 0 Å². The van der Waals surface area contributed by atoms with Gasteiger partial charge in [-0.15, -0.1) is 0 Å². The fourth-order valence-corrected chi connectivity index (χ4v) is 29.8. The van der Waals surface area contributed by atoms with Crippen molar-refractivity contribution in [2.75, 3.05) is 47.3 Å². The molecule has 0 bridgehead atoms. The van der Waals surface area contributed by atoms with Crippen LogP contribution in [0.25, 0.3) is 0 Å². The van der Waals surface area contributed by atoms with Crippen LogP contribution in [0.4, 0.5) is 0 Å². The van der Waals surface area contributed by atoms with Crippen LogP contribution in [0.5, 0.6) is 0 Å². The van der Waals surface area contributed by atoms with Gasteiger partial charge in [0, 0.05) is 0 Å². The van der Waals surface area contributed by atoms with Gasteiger partial charge in [-0.2, -0.15) is 0 Å². The molecular formula is C7H19As2Cl8Ga2N5. The Balaban J connectivity index is 0.000000243. The van der Waals surface area contributed by atoms with Crippen LogP contribution >= 0.6 is 77.1 Å². The van der Waals surface area contributed by atoms with Gasteiger partial charge in [0.05, 0.1) is 0 Å². The second-order valence-electron chi connectivity index (χ2n) is 5.69. The van der Waals surface area contributed by atoms with Crippen LogP contribution in [-0.4, -0.2) is 112 Å². The Morgan fingerprint density at radius 2 is 1.12 bits per heavy atom. The van der Waals surface area contributed by atoms with Crippen molar-refractivity contribution in [1.82, 2.24) is 7.74 Å². The zero-order valence-corrected chi connectivity index (χ0v) is 27.9. The van der Waals surface area contributed by atoms with E-state index in [0.717, 1.165) is 6.54 Å². The molecule has 5 nitrogen and oxygen atoms in total. The summed E-state index contributed by atoms with van der Waals surface area (Å²) < 4.78 is 7.75. The molecule has 0 saturated carbocycles. The zero-order chi connectivity index (χ0) is 19.1. The minimum absolute atomic E-state index is 0.859. The van der Waals surface area contributed by atoms with Crippen LogP contribution in [0.1, 0.15) is 0 Å². The summed E-state index contributed by atoms with van der Waals surface area (Å²) in [6, 6.07) is 0. The Bertz CT molecular complexity index is 394. The Morgan fingerprint density at radius 3 is 1.50 bits per heavy atom.